The van der Waals surface area contributed by atoms with Crippen molar-refractivity contribution in [1.82, 2.24) is 4.57 Å². The molecule has 0 aliphatic carbocycles. The van der Waals surface area contributed by atoms with Gasteiger partial charge in [0, 0.05) is 26.3 Å². The third-order valence-corrected chi connectivity index (χ3v) is 7.15. The van der Waals surface area contributed by atoms with Crippen molar-refractivity contribution in [3.05, 3.63) is 114 Å². The normalized spacial score (nSPS) is 11.9. The van der Waals surface area contributed by atoms with E-state index in [0.29, 0.717) is 0 Å². The molecule has 0 N–H and O–H groups in total. The highest BCUT2D eigenvalue weighted by atomic mass is 79.9. The van der Waals surface area contributed by atoms with Crippen LogP contribution in [0.5, 0.6) is 0 Å². The molecular weight excluding hydrogens is 454 g/mol. The first-order valence-corrected chi connectivity index (χ1v) is 11.6. The molecule has 0 radical (unpaired) electrons. The second-order valence-electron chi connectivity index (χ2n) is 8.30. The number of fused-ring (bicyclic) bond motifs is 10. The smallest absolute Gasteiger partial charge is 0.0625 e. The van der Waals surface area contributed by atoms with Gasteiger partial charge < -0.3 is 4.57 Å². The van der Waals surface area contributed by atoms with Crippen LogP contribution in [0.4, 0.5) is 0 Å². The van der Waals surface area contributed by atoms with Crippen molar-refractivity contribution in [2.24, 2.45) is 0 Å². The molecule has 1 nitrogen and oxygen atoms in total. The van der Waals surface area contributed by atoms with E-state index in [0.717, 1.165) is 4.47 Å². The predicted molar refractivity (Wildman–Crippen MR) is 141 cm³/mol. The van der Waals surface area contributed by atoms with Crippen LogP contribution in [-0.2, 0) is 0 Å². The van der Waals surface area contributed by atoms with Gasteiger partial charge in [0.25, 0.3) is 0 Å². The highest BCUT2D eigenvalue weighted by Gasteiger charge is 2.18. The van der Waals surface area contributed by atoms with E-state index in [-0.39, 0.29) is 0 Å². The summed E-state index contributed by atoms with van der Waals surface area (Å²) in [7, 11) is 0. The number of aromatic nitrogens is 1. The summed E-state index contributed by atoms with van der Waals surface area (Å²) in [5.41, 5.74) is 3.67. The summed E-state index contributed by atoms with van der Waals surface area (Å²) in [6.07, 6.45) is 0. The molecule has 0 unspecified atom stereocenters. The van der Waals surface area contributed by atoms with Crippen LogP contribution >= 0.6 is 15.9 Å². The van der Waals surface area contributed by atoms with Gasteiger partial charge in [-0.25, -0.2) is 0 Å². The lowest BCUT2D eigenvalue weighted by molar-refractivity contribution is 1.18. The molecule has 7 rings (SSSR count). The van der Waals surface area contributed by atoms with Crippen LogP contribution in [0.2, 0.25) is 0 Å². The van der Waals surface area contributed by atoms with Crippen molar-refractivity contribution in [2.75, 3.05) is 0 Å². The van der Waals surface area contributed by atoms with E-state index < -0.39 is 0 Å². The fourth-order valence-corrected chi connectivity index (χ4v) is 5.57. The lowest BCUT2D eigenvalue weighted by atomic mass is 9.93. The SMILES string of the molecule is Brc1ccc(-n2c3ccccc3c3ccc4c5ccccc5c5ccccc5c4c32)cc1. The quantitative estimate of drug-likeness (QED) is 0.210. The van der Waals surface area contributed by atoms with Gasteiger partial charge in [-0.05, 0) is 57.3 Å². The molecule has 0 aliphatic heterocycles. The second kappa shape index (κ2) is 6.69. The number of para-hydroxylation sites is 1. The first kappa shape index (κ1) is 18.0. The Balaban J connectivity index is 1.83. The average Bonchev–Trinajstić information content (AvgIpc) is 3.19. The Morgan fingerprint density at radius 3 is 1.62 bits per heavy atom. The third-order valence-electron chi connectivity index (χ3n) is 6.63. The van der Waals surface area contributed by atoms with Crippen LogP contribution in [0.3, 0.4) is 0 Å². The first-order chi connectivity index (χ1) is 15.8. The van der Waals surface area contributed by atoms with E-state index in [1.807, 2.05) is 0 Å². The minimum absolute atomic E-state index is 1.09. The van der Waals surface area contributed by atoms with Crippen molar-refractivity contribution in [2.45, 2.75) is 0 Å². The van der Waals surface area contributed by atoms with Gasteiger partial charge in [0.15, 0.2) is 0 Å². The molecule has 0 bridgehead atoms. The lowest BCUT2D eigenvalue weighted by Gasteiger charge is -2.14. The van der Waals surface area contributed by atoms with Crippen LogP contribution in [-0.4, -0.2) is 4.57 Å². The van der Waals surface area contributed by atoms with Gasteiger partial charge in [0.1, 0.15) is 0 Å². The van der Waals surface area contributed by atoms with Crippen molar-refractivity contribution >= 4 is 70.1 Å². The van der Waals surface area contributed by atoms with Crippen LogP contribution in [0.1, 0.15) is 0 Å². The van der Waals surface area contributed by atoms with Crippen molar-refractivity contribution in [1.29, 1.82) is 0 Å². The molecule has 0 atom stereocenters. The van der Waals surface area contributed by atoms with Gasteiger partial charge in [-0.2, -0.15) is 0 Å². The lowest BCUT2D eigenvalue weighted by Crippen LogP contribution is -1.95. The highest BCUT2D eigenvalue weighted by Crippen LogP contribution is 2.42. The van der Waals surface area contributed by atoms with Crippen LogP contribution in [0.15, 0.2) is 114 Å². The second-order valence-corrected chi connectivity index (χ2v) is 9.22. The summed E-state index contributed by atoms with van der Waals surface area (Å²) in [6, 6.07) is 39.6. The standard InChI is InChI=1S/C30H18BrN/c31-19-13-15-20(16-14-19)32-28-12-6-5-10-24(28)27-18-17-26-23-9-2-1-7-21(23)22-8-3-4-11-25(22)29(26)30(27)32/h1-18H. The largest absolute Gasteiger partial charge is 0.309 e. The van der Waals surface area contributed by atoms with Gasteiger partial charge in [0.05, 0.1) is 11.0 Å². The maximum absolute atomic E-state index is 3.60. The van der Waals surface area contributed by atoms with Crippen LogP contribution in [0, 0.1) is 0 Å². The Hall–Kier alpha value is -3.62. The summed E-state index contributed by atoms with van der Waals surface area (Å²) in [5, 5.41) is 10.4. The molecule has 2 heteroatoms. The summed E-state index contributed by atoms with van der Waals surface area (Å²) in [4.78, 5) is 0. The van der Waals surface area contributed by atoms with Gasteiger partial charge in [0.2, 0.25) is 0 Å². The molecule has 150 valence electrons. The Labute approximate surface area is 193 Å². The van der Waals surface area contributed by atoms with E-state index in [4.69, 9.17) is 0 Å². The minimum Gasteiger partial charge on any atom is -0.309 e. The first-order valence-electron chi connectivity index (χ1n) is 10.8. The zero-order valence-electron chi connectivity index (χ0n) is 17.2. The zero-order valence-corrected chi connectivity index (χ0v) is 18.8. The number of nitrogens with zero attached hydrogens (tertiary/aromatic N) is 1. The number of hydrogen-bond donors (Lipinski definition) is 0. The summed E-state index contributed by atoms with van der Waals surface area (Å²) < 4.78 is 3.52. The maximum atomic E-state index is 3.60. The highest BCUT2D eigenvalue weighted by molar-refractivity contribution is 9.10. The zero-order chi connectivity index (χ0) is 21.2. The Bertz CT molecular complexity index is 1790. The maximum Gasteiger partial charge on any atom is 0.0625 e. The van der Waals surface area contributed by atoms with Crippen LogP contribution in [0.25, 0.3) is 59.8 Å². The van der Waals surface area contributed by atoms with Crippen molar-refractivity contribution < 1.29 is 0 Å². The van der Waals surface area contributed by atoms with Crippen LogP contribution < -0.4 is 0 Å². The van der Waals surface area contributed by atoms with E-state index >= 15 is 0 Å². The Morgan fingerprint density at radius 1 is 0.438 bits per heavy atom. The molecular formula is C30H18BrN. The topological polar surface area (TPSA) is 4.93 Å². The fourth-order valence-electron chi connectivity index (χ4n) is 5.30. The molecule has 0 spiro atoms. The Kier molecular flexibility index (Phi) is 3.76. The van der Waals surface area contributed by atoms with Crippen molar-refractivity contribution in [3.63, 3.8) is 0 Å². The number of halogens is 1. The summed E-state index contributed by atoms with van der Waals surface area (Å²) in [5.74, 6) is 0. The molecule has 0 saturated carbocycles. The number of hydrogen-bond acceptors (Lipinski definition) is 0. The predicted octanol–water partition coefficient (Wildman–Crippen LogP) is 9.01. The Morgan fingerprint density at radius 2 is 0.938 bits per heavy atom. The summed E-state index contributed by atoms with van der Waals surface area (Å²) >= 11 is 3.60. The number of benzene rings is 6. The summed E-state index contributed by atoms with van der Waals surface area (Å²) in [6.45, 7) is 0. The molecule has 0 amide bonds. The molecule has 0 saturated heterocycles. The molecule has 6 aromatic carbocycles. The molecule has 1 aromatic heterocycles. The molecule has 32 heavy (non-hydrogen) atoms. The molecule has 0 fully saturated rings. The molecule has 7 aromatic rings. The van der Waals surface area contributed by atoms with E-state index in [2.05, 4.69) is 130 Å². The van der Waals surface area contributed by atoms with Gasteiger partial charge >= 0.3 is 0 Å². The van der Waals surface area contributed by atoms with E-state index in [9.17, 15) is 0 Å². The minimum atomic E-state index is 1.09. The average molecular weight is 472 g/mol. The van der Waals surface area contributed by atoms with E-state index in [1.54, 1.807) is 0 Å². The van der Waals surface area contributed by atoms with Gasteiger partial charge in [-0.1, -0.05) is 94.8 Å². The van der Waals surface area contributed by atoms with Crippen molar-refractivity contribution in [3.8, 4) is 5.69 Å². The number of rotatable bonds is 1. The van der Waals surface area contributed by atoms with Gasteiger partial charge in [-0.3, -0.25) is 0 Å². The monoisotopic (exact) mass is 471 g/mol. The fraction of sp³-hybridized carbons (Fsp3) is 0. The molecule has 0 aliphatic rings. The van der Waals surface area contributed by atoms with E-state index in [1.165, 1.54) is 59.8 Å². The molecule has 1 heterocycles. The third kappa shape index (κ3) is 2.39. The van der Waals surface area contributed by atoms with Gasteiger partial charge in [-0.15, -0.1) is 0 Å².